The van der Waals surface area contributed by atoms with Gasteiger partial charge in [-0.25, -0.2) is 9.78 Å². The molecule has 0 fully saturated rings. The van der Waals surface area contributed by atoms with Gasteiger partial charge >= 0.3 is 6.03 Å². The Bertz CT molecular complexity index is 1330. The third-order valence-electron chi connectivity index (χ3n) is 5.04. The second-order valence-corrected chi connectivity index (χ2v) is 7.59. The summed E-state index contributed by atoms with van der Waals surface area (Å²) in [5, 5.41) is 8.20. The normalized spacial score (nSPS) is 10.5. The molecular formula is C26H25N5O3. The van der Waals surface area contributed by atoms with Crippen LogP contribution in [0.5, 0.6) is 5.75 Å². The summed E-state index contributed by atoms with van der Waals surface area (Å²) >= 11 is 0. The summed E-state index contributed by atoms with van der Waals surface area (Å²) in [5.74, 6) is 0.164. The van der Waals surface area contributed by atoms with Crippen molar-refractivity contribution in [3.05, 3.63) is 103 Å². The van der Waals surface area contributed by atoms with Gasteiger partial charge in [0.2, 0.25) is 0 Å². The number of fused-ring (bicyclic) bond motifs is 1. The zero-order chi connectivity index (χ0) is 23.9. The highest BCUT2D eigenvalue weighted by atomic mass is 16.5. The minimum atomic E-state index is -0.330. The van der Waals surface area contributed by atoms with Crippen molar-refractivity contribution in [2.45, 2.75) is 13.5 Å². The van der Waals surface area contributed by atoms with Crippen LogP contribution in [-0.2, 0) is 6.61 Å². The van der Waals surface area contributed by atoms with Crippen LogP contribution in [0.3, 0.4) is 0 Å². The summed E-state index contributed by atoms with van der Waals surface area (Å²) in [6.45, 7) is 6.17. The molecule has 0 spiro atoms. The lowest BCUT2D eigenvalue weighted by Crippen LogP contribution is -2.28. The molecule has 0 saturated heterocycles. The zero-order valence-electron chi connectivity index (χ0n) is 18.7. The summed E-state index contributed by atoms with van der Waals surface area (Å²) in [6.07, 6.45) is 5.45. The van der Waals surface area contributed by atoms with E-state index >= 15 is 0 Å². The molecule has 0 aliphatic rings. The van der Waals surface area contributed by atoms with E-state index in [2.05, 4.69) is 27.5 Å². The monoisotopic (exact) mass is 455 g/mol. The fraction of sp³-hybridized carbons (Fsp3) is 0.115. The molecule has 0 unspecified atom stereocenters. The van der Waals surface area contributed by atoms with Crippen LogP contribution in [-0.4, -0.2) is 27.9 Å². The van der Waals surface area contributed by atoms with E-state index < -0.39 is 0 Å². The second-order valence-electron chi connectivity index (χ2n) is 7.59. The Kier molecular flexibility index (Phi) is 6.88. The van der Waals surface area contributed by atoms with Crippen LogP contribution < -0.4 is 20.7 Å². The number of benzene rings is 2. The van der Waals surface area contributed by atoms with E-state index in [0.717, 1.165) is 16.9 Å². The molecule has 2 aromatic carbocycles. The Hall–Kier alpha value is -4.59. The quantitative estimate of drug-likeness (QED) is 0.333. The number of urea groups is 1. The number of carbonyl (C=O) groups excluding carboxylic acids is 2. The number of pyridine rings is 1. The van der Waals surface area contributed by atoms with Gasteiger partial charge in [-0.2, -0.15) is 0 Å². The SMILES string of the molecule is C=CCNC(=O)Nc1ccc(NC(=O)c2ccccc2OCc2cn3cccc(C)c3n2)cc1. The fourth-order valence-corrected chi connectivity index (χ4v) is 3.38. The number of hydrogen-bond donors (Lipinski definition) is 3. The number of ether oxygens (including phenoxy) is 1. The van der Waals surface area contributed by atoms with Crippen LogP contribution in [0, 0.1) is 6.92 Å². The van der Waals surface area contributed by atoms with Gasteiger partial charge in [0, 0.05) is 30.3 Å². The average Bonchev–Trinajstić information content (AvgIpc) is 3.27. The number of hydrogen-bond acceptors (Lipinski definition) is 4. The van der Waals surface area contributed by atoms with Crippen molar-refractivity contribution >= 4 is 29.0 Å². The Morgan fingerprint density at radius 2 is 1.76 bits per heavy atom. The number of carbonyl (C=O) groups is 2. The number of para-hydroxylation sites is 1. The van der Waals surface area contributed by atoms with Crippen molar-refractivity contribution in [3.8, 4) is 5.75 Å². The van der Waals surface area contributed by atoms with Crippen molar-refractivity contribution in [1.82, 2.24) is 14.7 Å². The Balaban J connectivity index is 1.40. The number of aryl methyl sites for hydroxylation is 1. The predicted octanol–water partition coefficient (Wildman–Crippen LogP) is 4.78. The van der Waals surface area contributed by atoms with Gasteiger partial charge in [-0.1, -0.05) is 24.3 Å². The van der Waals surface area contributed by atoms with Crippen LogP contribution in [0.15, 0.2) is 85.7 Å². The Morgan fingerprint density at radius 3 is 2.50 bits per heavy atom. The highest BCUT2D eigenvalue weighted by molar-refractivity contribution is 6.06. The van der Waals surface area contributed by atoms with Gasteiger partial charge in [0.25, 0.3) is 5.91 Å². The fourth-order valence-electron chi connectivity index (χ4n) is 3.38. The maximum absolute atomic E-state index is 12.9. The van der Waals surface area contributed by atoms with Crippen molar-refractivity contribution in [2.24, 2.45) is 0 Å². The Labute approximate surface area is 197 Å². The summed E-state index contributed by atoms with van der Waals surface area (Å²) in [7, 11) is 0. The van der Waals surface area contributed by atoms with Crippen LogP contribution >= 0.6 is 0 Å². The molecule has 8 nitrogen and oxygen atoms in total. The molecule has 3 N–H and O–H groups in total. The number of nitrogens with one attached hydrogen (secondary N) is 3. The van der Waals surface area contributed by atoms with Gasteiger partial charge in [0.05, 0.1) is 11.3 Å². The molecule has 172 valence electrons. The number of anilines is 2. The second kappa shape index (κ2) is 10.4. The number of amides is 3. The lowest BCUT2D eigenvalue weighted by Gasteiger charge is -2.12. The minimum absolute atomic E-state index is 0.236. The minimum Gasteiger partial charge on any atom is -0.486 e. The molecule has 3 amide bonds. The van der Waals surface area contributed by atoms with Gasteiger partial charge in [-0.15, -0.1) is 6.58 Å². The summed E-state index contributed by atoms with van der Waals surface area (Å²) in [6, 6.07) is 17.5. The molecule has 8 heteroatoms. The van der Waals surface area contributed by atoms with E-state index in [4.69, 9.17) is 4.74 Å². The van der Waals surface area contributed by atoms with Gasteiger partial charge in [-0.3, -0.25) is 4.79 Å². The highest BCUT2D eigenvalue weighted by Crippen LogP contribution is 2.22. The van der Waals surface area contributed by atoms with Crippen molar-refractivity contribution in [1.29, 1.82) is 0 Å². The van der Waals surface area contributed by atoms with E-state index in [9.17, 15) is 9.59 Å². The van der Waals surface area contributed by atoms with Crippen LogP contribution in [0.1, 0.15) is 21.6 Å². The van der Waals surface area contributed by atoms with Crippen molar-refractivity contribution in [2.75, 3.05) is 17.2 Å². The predicted molar refractivity (Wildman–Crippen MR) is 132 cm³/mol. The van der Waals surface area contributed by atoms with Gasteiger partial charge in [0.15, 0.2) is 0 Å². The first kappa shape index (κ1) is 22.6. The molecular weight excluding hydrogens is 430 g/mol. The molecule has 0 saturated carbocycles. The molecule has 0 atom stereocenters. The number of aromatic nitrogens is 2. The van der Waals surface area contributed by atoms with Gasteiger partial charge in [0.1, 0.15) is 18.0 Å². The molecule has 0 radical (unpaired) electrons. The first-order valence-electron chi connectivity index (χ1n) is 10.8. The summed E-state index contributed by atoms with van der Waals surface area (Å²) < 4.78 is 7.90. The Morgan fingerprint density at radius 1 is 1.03 bits per heavy atom. The van der Waals surface area contributed by atoms with Crippen LogP contribution in [0.2, 0.25) is 0 Å². The molecule has 0 bridgehead atoms. The highest BCUT2D eigenvalue weighted by Gasteiger charge is 2.14. The first-order chi connectivity index (χ1) is 16.5. The van der Waals surface area contributed by atoms with E-state index in [-0.39, 0.29) is 18.5 Å². The van der Waals surface area contributed by atoms with Crippen molar-refractivity contribution < 1.29 is 14.3 Å². The molecule has 0 aliphatic heterocycles. The molecule has 4 rings (SSSR count). The zero-order valence-corrected chi connectivity index (χ0v) is 18.7. The van der Waals surface area contributed by atoms with Gasteiger partial charge in [-0.05, 0) is 55.0 Å². The first-order valence-corrected chi connectivity index (χ1v) is 10.8. The van der Waals surface area contributed by atoms with E-state index in [0.29, 0.717) is 29.2 Å². The number of nitrogens with zero attached hydrogens (tertiary/aromatic N) is 2. The van der Waals surface area contributed by atoms with E-state index in [1.807, 2.05) is 41.9 Å². The lowest BCUT2D eigenvalue weighted by molar-refractivity contribution is 0.102. The maximum Gasteiger partial charge on any atom is 0.319 e. The third kappa shape index (κ3) is 5.42. The standard InChI is InChI=1S/C26H25N5O3/c1-3-14-27-26(33)30-20-12-10-19(11-13-20)29-25(32)22-8-4-5-9-23(22)34-17-21-16-31-15-6-7-18(2)24(31)28-21/h3-13,15-16H,1,14,17H2,2H3,(H,29,32)(H2,27,30,33). The maximum atomic E-state index is 12.9. The smallest absolute Gasteiger partial charge is 0.319 e. The average molecular weight is 456 g/mol. The third-order valence-corrected chi connectivity index (χ3v) is 5.04. The van der Waals surface area contributed by atoms with E-state index in [1.54, 1.807) is 48.5 Å². The summed E-state index contributed by atoms with van der Waals surface area (Å²) in [5.41, 5.74) is 4.33. The summed E-state index contributed by atoms with van der Waals surface area (Å²) in [4.78, 5) is 29.3. The molecule has 2 aromatic heterocycles. The molecule has 34 heavy (non-hydrogen) atoms. The van der Waals surface area contributed by atoms with Crippen LogP contribution in [0.25, 0.3) is 5.65 Å². The van der Waals surface area contributed by atoms with Crippen LogP contribution in [0.4, 0.5) is 16.2 Å². The molecule has 0 aliphatic carbocycles. The van der Waals surface area contributed by atoms with Gasteiger partial charge < -0.3 is 25.1 Å². The molecule has 4 aromatic rings. The van der Waals surface area contributed by atoms with E-state index in [1.165, 1.54) is 0 Å². The lowest BCUT2D eigenvalue weighted by atomic mass is 10.1. The number of rotatable bonds is 8. The number of imidazole rings is 1. The van der Waals surface area contributed by atoms with Crippen molar-refractivity contribution in [3.63, 3.8) is 0 Å². The molecule has 2 heterocycles. The topological polar surface area (TPSA) is 96.8 Å². The largest absolute Gasteiger partial charge is 0.486 e.